The maximum atomic E-state index is 11.8. The number of hydrogen-bond acceptors (Lipinski definition) is 6. The molecule has 0 radical (unpaired) electrons. The molecular weight excluding hydrogens is 344 g/mol. The zero-order chi connectivity index (χ0) is 18.6. The molecule has 0 bridgehead atoms. The Morgan fingerprint density at radius 1 is 1.24 bits per heavy atom. The van der Waals surface area contributed by atoms with E-state index < -0.39 is 20.4 Å². The van der Waals surface area contributed by atoms with Crippen LogP contribution < -0.4 is 10.1 Å². The molecule has 0 amide bonds. The maximum absolute atomic E-state index is 11.8. The predicted molar refractivity (Wildman–Crippen MR) is 96.0 cm³/mol. The van der Waals surface area contributed by atoms with Crippen LogP contribution in [0.2, 0.25) is 0 Å². The van der Waals surface area contributed by atoms with Gasteiger partial charge >= 0.3 is 0 Å². The quantitative estimate of drug-likeness (QED) is 0.598. The first-order valence-electron chi connectivity index (χ1n) is 7.63. The Bertz CT molecular complexity index is 880. The fraction of sp³-hybridized carbons (Fsp3) is 0.294. The molecule has 2 aromatic carbocycles. The average molecular weight is 364 g/mol. The summed E-state index contributed by atoms with van der Waals surface area (Å²) >= 11 is 0. The van der Waals surface area contributed by atoms with Gasteiger partial charge in [0.25, 0.3) is 5.69 Å². The molecule has 0 spiro atoms. The summed E-state index contributed by atoms with van der Waals surface area (Å²) in [5.41, 5.74) is 1.06. The van der Waals surface area contributed by atoms with Gasteiger partial charge in [0.2, 0.25) is 0 Å². The molecule has 0 heterocycles. The number of nitro groups is 1. The highest BCUT2D eigenvalue weighted by Crippen LogP contribution is 2.27. The first-order valence-corrected chi connectivity index (χ1v) is 9.52. The fourth-order valence-corrected chi connectivity index (χ4v) is 3.14. The van der Waals surface area contributed by atoms with E-state index in [9.17, 15) is 18.5 Å². The van der Waals surface area contributed by atoms with Crippen molar-refractivity contribution in [3.8, 4) is 5.75 Å². The Hall–Kier alpha value is -2.61. The maximum Gasteiger partial charge on any atom is 0.288 e. The number of rotatable bonds is 7. The summed E-state index contributed by atoms with van der Waals surface area (Å²) in [4.78, 5) is 9.97. The van der Waals surface area contributed by atoms with E-state index in [0.717, 1.165) is 17.6 Å². The van der Waals surface area contributed by atoms with Crippen LogP contribution in [0.25, 0.3) is 0 Å². The molecule has 0 aliphatic carbocycles. The molecule has 134 valence electrons. The van der Waals surface area contributed by atoms with E-state index in [1.54, 1.807) is 0 Å². The molecule has 0 aromatic heterocycles. The summed E-state index contributed by atoms with van der Waals surface area (Å²) in [5, 5.41) is 14.0. The van der Waals surface area contributed by atoms with E-state index in [0.29, 0.717) is 12.2 Å². The van der Waals surface area contributed by atoms with Crippen molar-refractivity contribution in [1.29, 1.82) is 0 Å². The Morgan fingerprint density at radius 2 is 1.92 bits per heavy atom. The van der Waals surface area contributed by atoms with Crippen molar-refractivity contribution >= 4 is 21.2 Å². The van der Waals surface area contributed by atoms with Gasteiger partial charge in [-0.2, -0.15) is 0 Å². The molecule has 25 heavy (non-hydrogen) atoms. The number of para-hydroxylation sites is 1. The van der Waals surface area contributed by atoms with E-state index >= 15 is 0 Å². The summed E-state index contributed by atoms with van der Waals surface area (Å²) in [7, 11) is -3.71. The largest absolute Gasteiger partial charge is 0.489 e. The van der Waals surface area contributed by atoms with Gasteiger partial charge in [-0.25, -0.2) is 8.42 Å². The number of nitrogens with one attached hydrogen (secondary N) is 1. The summed E-state index contributed by atoms with van der Waals surface area (Å²) < 4.78 is 29.4. The van der Waals surface area contributed by atoms with Gasteiger partial charge in [-0.1, -0.05) is 18.2 Å². The van der Waals surface area contributed by atoms with Crippen LogP contribution in [-0.2, 0) is 9.84 Å². The highest BCUT2D eigenvalue weighted by Gasteiger charge is 2.22. The zero-order valence-corrected chi connectivity index (χ0v) is 15.0. The van der Waals surface area contributed by atoms with Gasteiger partial charge in [-0.15, -0.1) is 0 Å². The average Bonchev–Trinajstić information content (AvgIpc) is 2.54. The van der Waals surface area contributed by atoms with E-state index in [4.69, 9.17) is 4.74 Å². The lowest BCUT2D eigenvalue weighted by molar-refractivity contribution is -0.387. The van der Waals surface area contributed by atoms with Crippen LogP contribution >= 0.6 is 0 Å². The van der Waals surface area contributed by atoms with Gasteiger partial charge in [-0.3, -0.25) is 10.1 Å². The molecule has 1 unspecified atom stereocenters. The van der Waals surface area contributed by atoms with Crippen LogP contribution in [0, 0.1) is 17.0 Å². The SMILES string of the molecule is Cc1ccccc1OC(C)CNc1ccc([N+](=O)[O-])c(S(C)(=O)=O)c1. The lowest BCUT2D eigenvalue weighted by atomic mass is 10.2. The van der Waals surface area contributed by atoms with E-state index in [2.05, 4.69) is 5.32 Å². The minimum atomic E-state index is -3.71. The second-order valence-corrected chi connectivity index (χ2v) is 7.77. The molecule has 1 atom stereocenters. The highest BCUT2D eigenvalue weighted by molar-refractivity contribution is 7.90. The van der Waals surface area contributed by atoms with Crippen LogP contribution in [0.3, 0.4) is 0 Å². The van der Waals surface area contributed by atoms with Crippen molar-refractivity contribution in [2.24, 2.45) is 0 Å². The summed E-state index contributed by atoms with van der Waals surface area (Å²) in [5.74, 6) is 0.775. The summed E-state index contributed by atoms with van der Waals surface area (Å²) in [6.45, 7) is 4.24. The Morgan fingerprint density at radius 3 is 2.52 bits per heavy atom. The number of benzene rings is 2. The molecule has 2 rings (SSSR count). The molecule has 0 aliphatic heterocycles. The summed E-state index contributed by atoms with van der Waals surface area (Å²) in [6.07, 6.45) is 0.765. The Balaban J connectivity index is 2.10. The van der Waals surface area contributed by atoms with Crippen LogP contribution in [0.15, 0.2) is 47.4 Å². The monoisotopic (exact) mass is 364 g/mol. The molecular formula is C17H20N2O5S. The van der Waals surface area contributed by atoms with Gasteiger partial charge < -0.3 is 10.1 Å². The number of sulfone groups is 1. The third-order valence-electron chi connectivity index (χ3n) is 3.57. The highest BCUT2D eigenvalue weighted by atomic mass is 32.2. The molecule has 1 N–H and O–H groups in total. The van der Waals surface area contributed by atoms with Gasteiger partial charge in [0.05, 0.1) is 11.5 Å². The molecule has 8 heteroatoms. The topological polar surface area (TPSA) is 98.5 Å². The fourth-order valence-electron chi connectivity index (χ4n) is 2.28. The molecule has 0 saturated carbocycles. The van der Waals surface area contributed by atoms with Gasteiger partial charge in [0.1, 0.15) is 16.7 Å². The minimum absolute atomic E-state index is 0.182. The second-order valence-electron chi connectivity index (χ2n) is 5.79. The minimum Gasteiger partial charge on any atom is -0.489 e. The van der Waals surface area contributed by atoms with Gasteiger partial charge in [0.15, 0.2) is 9.84 Å². The number of anilines is 1. The third-order valence-corrected chi connectivity index (χ3v) is 4.70. The molecule has 0 saturated heterocycles. The lowest BCUT2D eigenvalue weighted by Crippen LogP contribution is -2.23. The lowest BCUT2D eigenvalue weighted by Gasteiger charge is -2.17. The Kier molecular flexibility index (Phi) is 5.63. The van der Waals surface area contributed by atoms with E-state index in [-0.39, 0.29) is 11.0 Å². The molecule has 2 aromatic rings. The second kappa shape index (κ2) is 7.52. The number of nitro benzene ring substituents is 1. The third kappa shape index (κ3) is 4.93. The van der Waals surface area contributed by atoms with E-state index in [1.807, 2.05) is 38.1 Å². The van der Waals surface area contributed by atoms with Crippen molar-refractivity contribution in [3.05, 3.63) is 58.1 Å². The smallest absolute Gasteiger partial charge is 0.288 e. The number of aryl methyl sites for hydroxylation is 1. The standard InChI is InChI=1S/C17H20N2O5S/c1-12-6-4-5-7-16(12)24-13(2)11-18-14-8-9-15(19(20)21)17(10-14)25(3,22)23/h4-10,13,18H,11H2,1-3H3. The van der Waals surface area contributed by atoms with Gasteiger partial charge in [0, 0.05) is 18.0 Å². The van der Waals surface area contributed by atoms with Crippen LogP contribution in [0.4, 0.5) is 11.4 Å². The van der Waals surface area contributed by atoms with Crippen molar-refractivity contribution in [2.75, 3.05) is 18.1 Å². The van der Waals surface area contributed by atoms with Crippen LogP contribution in [0.5, 0.6) is 5.75 Å². The first kappa shape index (κ1) is 18.7. The molecule has 0 fully saturated rings. The van der Waals surface area contributed by atoms with Crippen molar-refractivity contribution < 1.29 is 18.1 Å². The number of ether oxygens (including phenoxy) is 1. The molecule has 7 nitrogen and oxygen atoms in total. The first-order chi connectivity index (χ1) is 11.7. The predicted octanol–water partition coefficient (Wildman–Crippen LogP) is 3.19. The molecule has 0 aliphatic rings. The summed E-state index contributed by atoms with van der Waals surface area (Å²) in [6, 6.07) is 11.6. The van der Waals surface area contributed by atoms with Crippen molar-refractivity contribution in [2.45, 2.75) is 24.8 Å². The van der Waals surface area contributed by atoms with Crippen molar-refractivity contribution in [1.82, 2.24) is 0 Å². The number of hydrogen-bond donors (Lipinski definition) is 1. The van der Waals surface area contributed by atoms with E-state index in [1.165, 1.54) is 18.2 Å². The van der Waals surface area contributed by atoms with Crippen molar-refractivity contribution in [3.63, 3.8) is 0 Å². The van der Waals surface area contributed by atoms with Gasteiger partial charge in [-0.05, 0) is 37.6 Å². The Labute approximate surface area is 146 Å². The normalized spacial score (nSPS) is 12.4. The van der Waals surface area contributed by atoms with Crippen LogP contribution in [0.1, 0.15) is 12.5 Å². The zero-order valence-electron chi connectivity index (χ0n) is 14.2. The number of nitrogens with zero attached hydrogens (tertiary/aromatic N) is 1. The van der Waals surface area contributed by atoms with Crippen LogP contribution in [-0.4, -0.2) is 32.2 Å².